The van der Waals surface area contributed by atoms with E-state index in [-0.39, 0.29) is 11.5 Å². The molecule has 106 valence electrons. The molecule has 0 radical (unpaired) electrons. The number of halogens is 2. The number of rotatable bonds is 6. The van der Waals surface area contributed by atoms with Crippen LogP contribution in [0.3, 0.4) is 0 Å². The maximum Gasteiger partial charge on any atom is 0.387 e. The van der Waals surface area contributed by atoms with Crippen LogP contribution < -0.4 is 10.1 Å². The number of phenols is 1. The number of para-hydroxylation sites is 1. The van der Waals surface area contributed by atoms with Crippen LogP contribution in [0.1, 0.15) is 11.1 Å². The highest BCUT2D eigenvalue weighted by Gasteiger charge is 2.08. The molecule has 0 aromatic heterocycles. The summed E-state index contributed by atoms with van der Waals surface area (Å²) in [6, 6.07) is 13.5. The lowest BCUT2D eigenvalue weighted by Crippen LogP contribution is -2.14. The second-order valence-electron chi connectivity index (χ2n) is 4.26. The van der Waals surface area contributed by atoms with E-state index in [9.17, 15) is 13.9 Å². The fourth-order valence-corrected chi connectivity index (χ4v) is 1.82. The summed E-state index contributed by atoms with van der Waals surface area (Å²) < 4.78 is 29.0. The Hall–Kier alpha value is -2.14. The van der Waals surface area contributed by atoms with E-state index < -0.39 is 6.61 Å². The summed E-state index contributed by atoms with van der Waals surface area (Å²) in [6.45, 7) is -1.83. The van der Waals surface area contributed by atoms with E-state index >= 15 is 0 Å². The van der Waals surface area contributed by atoms with Crippen molar-refractivity contribution in [3.05, 3.63) is 59.7 Å². The van der Waals surface area contributed by atoms with Gasteiger partial charge in [0.15, 0.2) is 0 Å². The Bertz CT molecular complexity index is 544. The van der Waals surface area contributed by atoms with Crippen LogP contribution in [0.5, 0.6) is 11.5 Å². The average molecular weight is 279 g/mol. The highest BCUT2D eigenvalue weighted by Crippen LogP contribution is 2.20. The van der Waals surface area contributed by atoms with Crippen molar-refractivity contribution in [3.63, 3.8) is 0 Å². The van der Waals surface area contributed by atoms with Crippen LogP contribution >= 0.6 is 0 Å². The Balaban J connectivity index is 1.92. The largest absolute Gasteiger partial charge is 0.508 e. The molecule has 5 heteroatoms. The SMILES string of the molecule is Oc1ccc(CNCc2ccccc2OC(F)F)cc1. The standard InChI is InChI=1S/C15H15F2NO2/c16-15(17)20-14-4-2-1-3-12(14)10-18-9-11-5-7-13(19)8-6-11/h1-8,15,18-19H,9-10H2. The van der Waals surface area contributed by atoms with E-state index in [4.69, 9.17) is 0 Å². The molecule has 0 atom stereocenters. The number of alkyl halides is 2. The topological polar surface area (TPSA) is 41.5 Å². The second-order valence-corrected chi connectivity index (χ2v) is 4.26. The Kier molecular flexibility index (Phi) is 4.90. The average Bonchev–Trinajstić information content (AvgIpc) is 2.42. The minimum Gasteiger partial charge on any atom is -0.508 e. The number of hydrogen-bond acceptors (Lipinski definition) is 3. The first-order valence-corrected chi connectivity index (χ1v) is 6.16. The monoisotopic (exact) mass is 279 g/mol. The van der Waals surface area contributed by atoms with Crippen molar-refractivity contribution in [2.75, 3.05) is 0 Å². The van der Waals surface area contributed by atoms with E-state index in [0.717, 1.165) is 5.56 Å². The van der Waals surface area contributed by atoms with E-state index in [0.29, 0.717) is 18.7 Å². The molecule has 0 amide bonds. The quantitative estimate of drug-likeness (QED) is 0.852. The van der Waals surface area contributed by atoms with Crippen molar-refractivity contribution < 1.29 is 18.6 Å². The lowest BCUT2D eigenvalue weighted by atomic mass is 10.2. The van der Waals surface area contributed by atoms with Gasteiger partial charge < -0.3 is 15.2 Å². The van der Waals surface area contributed by atoms with Gasteiger partial charge in [-0.1, -0.05) is 30.3 Å². The highest BCUT2D eigenvalue weighted by atomic mass is 19.3. The number of nitrogens with one attached hydrogen (secondary N) is 1. The normalized spacial score (nSPS) is 10.8. The maximum absolute atomic E-state index is 12.3. The molecule has 0 fully saturated rings. The van der Waals surface area contributed by atoms with Gasteiger partial charge in [0.05, 0.1) is 0 Å². The molecular weight excluding hydrogens is 264 g/mol. The molecule has 0 spiro atoms. The third-order valence-corrected chi connectivity index (χ3v) is 2.77. The fraction of sp³-hybridized carbons (Fsp3) is 0.200. The van der Waals surface area contributed by atoms with Crippen molar-refractivity contribution in [3.8, 4) is 11.5 Å². The first-order chi connectivity index (χ1) is 9.65. The molecule has 0 bridgehead atoms. The zero-order chi connectivity index (χ0) is 14.4. The van der Waals surface area contributed by atoms with E-state index in [1.165, 1.54) is 6.07 Å². The van der Waals surface area contributed by atoms with Crippen molar-refractivity contribution in [1.29, 1.82) is 0 Å². The molecule has 2 N–H and O–H groups in total. The molecule has 20 heavy (non-hydrogen) atoms. The van der Waals surface area contributed by atoms with Gasteiger partial charge in [-0.2, -0.15) is 8.78 Å². The summed E-state index contributed by atoms with van der Waals surface area (Å²) in [6.07, 6.45) is 0. The van der Waals surface area contributed by atoms with Gasteiger partial charge in [-0.3, -0.25) is 0 Å². The minimum absolute atomic E-state index is 0.181. The van der Waals surface area contributed by atoms with E-state index in [2.05, 4.69) is 10.1 Å². The number of benzene rings is 2. The summed E-state index contributed by atoms with van der Waals surface area (Å²) in [7, 11) is 0. The third kappa shape index (κ3) is 4.20. The molecule has 0 saturated heterocycles. The lowest BCUT2D eigenvalue weighted by Gasteiger charge is -2.11. The zero-order valence-electron chi connectivity index (χ0n) is 10.7. The van der Waals surface area contributed by atoms with Crippen LogP contribution in [-0.4, -0.2) is 11.7 Å². The van der Waals surface area contributed by atoms with Crippen LogP contribution in [0.15, 0.2) is 48.5 Å². The third-order valence-electron chi connectivity index (χ3n) is 2.77. The molecule has 2 rings (SSSR count). The fourth-order valence-electron chi connectivity index (χ4n) is 1.82. The van der Waals surface area contributed by atoms with Crippen molar-refractivity contribution in [2.24, 2.45) is 0 Å². The predicted octanol–water partition coefficient (Wildman–Crippen LogP) is 3.28. The molecule has 0 aliphatic rings. The molecule has 3 nitrogen and oxygen atoms in total. The van der Waals surface area contributed by atoms with Gasteiger partial charge in [-0.25, -0.2) is 0 Å². The summed E-state index contributed by atoms with van der Waals surface area (Å²) in [4.78, 5) is 0. The molecule has 0 saturated carbocycles. The Morgan fingerprint density at radius 2 is 1.70 bits per heavy atom. The van der Waals surface area contributed by atoms with Gasteiger partial charge in [0, 0.05) is 18.7 Å². The van der Waals surface area contributed by atoms with E-state index in [1.807, 2.05) is 0 Å². The Morgan fingerprint density at radius 1 is 1.00 bits per heavy atom. The summed E-state index contributed by atoms with van der Waals surface area (Å²) in [5, 5.41) is 12.3. The molecule has 2 aromatic rings. The highest BCUT2D eigenvalue weighted by molar-refractivity contribution is 5.33. The minimum atomic E-state index is -2.83. The molecule has 0 unspecified atom stereocenters. The molecule has 0 heterocycles. The van der Waals surface area contributed by atoms with Gasteiger partial charge in [0.25, 0.3) is 0 Å². The van der Waals surface area contributed by atoms with Crippen LogP contribution in [0.4, 0.5) is 8.78 Å². The first kappa shape index (κ1) is 14.3. The second kappa shape index (κ2) is 6.86. The summed E-state index contributed by atoms with van der Waals surface area (Å²) >= 11 is 0. The predicted molar refractivity (Wildman–Crippen MR) is 71.7 cm³/mol. The van der Waals surface area contributed by atoms with Gasteiger partial charge >= 0.3 is 6.61 Å². The van der Waals surface area contributed by atoms with Crippen LogP contribution in [-0.2, 0) is 13.1 Å². The molecular formula is C15H15F2NO2. The van der Waals surface area contributed by atoms with Gasteiger partial charge in [-0.15, -0.1) is 0 Å². The Labute approximate surface area is 115 Å². The Morgan fingerprint density at radius 3 is 2.40 bits per heavy atom. The van der Waals surface area contributed by atoms with Crippen molar-refractivity contribution in [1.82, 2.24) is 5.32 Å². The maximum atomic E-state index is 12.3. The smallest absolute Gasteiger partial charge is 0.387 e. The van der Waals surface area contributed by atoms with Gasteiger partial charge in [0.1, 0.15) is 11.5 Å². The lowest BCUT2D eigenvalue weighted by molar-refractivity contribution is -0.0505. The van der Waals surface area contributed by atoms with E-state index in [1.54, 1.807) is 42.5 Å². The van der Waals surface area contributed by atoms with Gasteiger partial charge in [0.2, 0.25) is 0 Å². The van der Waals surface area contributed by atoms with Crippen molar-refractivity contribution in [2.45, 2.75) is 19.7 Å². The molecule has 0 aliphatic heterocycles. The number of ether oxygens (including phenoxy) is 1. The number of hydrogen-bond donors (Lipinski definition) is 2. The first-order valence-electron chi connectivity index (χ1n) is 6.16. The van der Waals surface area contributed by atoms with Crippen molar-refractivity contribution >= 4 is 0 Å². The molecule has 0 aliphatic carbocycles. The summed E-state index contributed by atoms with van der Waals surface area (Å²) in [5.74, 6) is 0.394. The zero-order valence-corrected chi connectivity index (χ0v) is 10.7. The van der Waals surface area contributed by atoms with Gasteiger partial charge in [-0.05, 0) is 23.8 Å². The molecule has 2 aromatic carbocycles. The number of aromatic hydroxyl groups is 1. The summed E-state index contributed by atoms with van der Waals surface area (Å²) in [5.41, 5.74) is 1.67. The van der Waals surface area contributed by atoms with Crippen LogP contribution in [0.2, 0.25) is 0 Å². The van der Waals surface area contributed by atoms with Crippen LogP contribution in [0, 0.1) is 0 Å². The number of phenolic OH excluding ortho intramolecular Hbond substituents is 1. The van der Waals surface area contributed by atoms with Crippen LogP contribution in [0.25, 0.3) is 0 Å².